The molecule has 0 bridgehead atoms. The Morgan fingerprint density at radius 2 is 2.14 bits per heavy atom. The largest absolute Gasteiger partial charge is 0.471 e. The molecule has 1 N–H and O–H groups in total. The van der Waals surface area contributed by atoms with Gasteiger partial charge in [-0.05, 0) is 37.1 Å². The van der Waals surface area contributed by atoms with Crippen LogP contribution in [0.4, 0.5) is 0 Å². The van der Waals surface area contributed by atoms with Crippen LogP contribution in [0.3, 0.4) is 0 Å². The average molecular weight is 393 g/mol. The molecule has 1 amide bonds. The molecule has 1 saturated heterocycles. The zero-order chi connectivity index (χ0) is 19.6. The van der Waals surface area contributed by atoms with Gasteiger partial charge in [0.15, 0.2) is 11.5 Å². The van der Waals surface area contributed by atoms with Crippen LogP contribution in [0.5, 0.6) is 17.4 Å². The molecule has 0 saturated carbocycles. The van der Waals surface area contributed by atoms with Gasteiger partial charge in [0.25, 0.3) is 5.91 Å². The van der Waals surface area contributed by atoms with Crippen molar-refractivity contribution >= 4 is 5.91 Å². The van der Waals surface area contributed by atoms with Crippen LogP contribution in [-0.4, -0.2) is 57.0 Å². The molecular formula is C20H19N5O4. The molecule has 0 spiro atoms. The van der Waals surface area contributed by atoms with Crippen molar-refractivity contribution in [1.82, 2.24) is 25.1 Å². The number of likely N-dealkylation sites (tertiary alicyclic amines) is 1. The lowest BCUT2D eigenvalue weighted by molar-refractivity contribution is 0.0521. The second-order valence-corrected chi connectivity index (χ2v) is 6.91. The van der Waals surface area contributed by atoms with Crippen molar-refractivity contribution in [2.24, 2.45) is 0 Å². The second-order valence-electron chi connectivity index (χ2n) is 6.91. The monoisotopic (exact) mass is 393 g/mol. The number of aromatic nitrogens is 4. The van der Waals surface area contributed by atoms with Gasteiger partial charge >= 0.3 is 0 Å². The van der Waals surface area contributed by atoms with Gasteiger partial charge in [0.1, 0.15) is 11.8 Å². The number of hydrogen-bond donors (Lipinski definition) is 1. The van der Waals surface area contributed by atoms with Crippen LogP contribution in [0.15, 0.2) is 42.9 Å². The Morgan fingerprint density at radius 3 is 3.03 bits per heavy atom. The minimum absolute atomic E-state index is 0.100. The summed E-state index contributed by atoms with van der Waals surface area (Å²) >= 11 is 0. The van der Waals surface area contributed by atoms with Crippen LogP contribution in [0.25, 0.3) is 11.3 Å². The fraction of sp³-hybridized carbons (Fsp3) is 0.300. The second kappa shape index (κ2) is 7.42. The Bertz CT molecular complexity index is 1020. The molecule has 1 aromatic carbocycles. The highest BCUT2D eigenvalue weighted by Gasteiger charge is 2.27. The average Bonchev–Trinajstić information content (AvgIpc) is 3.43. The third-order valence-electron chi connectivity index (χ3n) is 4.97. The van der Waals surface area contributed by atoms with Crippen LogP contribution in [-0.2, 0) is 0 Å². The summed E-state index contributed by atoms with van der Waals surface area (Å²) in [5.74, 6) is 1.76. The van der Waals surface area contributed by atoms with Gasteiger partial charge in [-0.15, -0.1) is 0 Å². The Balaban J connectivity index is 1.28. The predicted octanol–water partition coefficient (Wildman–Crippen LogP) is 2.28. The van der Waals surface area contributed by atoms with Crippen LogP contribution in [0.2, 0.25) is 0 Å². The molecule has 2 aliphatic heterocycles. The fourth-order valence-corrected chi connectivity index (χ4v) is 3.54. The molecule has 148 valence electrons. The first-order chi connectivity index (χ1) is 14.3. The number of aromatic amines is 1. The third kappa shape index (κ3) is 3.58. The van der Waals surface area contributed by atoms with E-state index in [9.17, 15) is 4.79 Å². The molecule has 2 aromatic heterocycles. The number of carbonyl (C=O) groups is 1. The van der Waals surface area contributed by atoms with Crippen molar-refractivity contribution in [3.8, 4) is 28.6 Å². The van der Waals surface area contributed by atoms with Crippen LogP contribution in [0.1, 0.15) is 23.3 Å². The minimum Gasteiger partial charge on any atom is -0.471 e. The molecule has 1 unspecified atom stereocenters. The van der Waals surface area contributed by atoms with Crippen molar-refractivity contribution in [2.45, 2.75) is 18.9 Å². The molecule has 29 heavy (non-hydrogen) atoms. The van der Waals surface area contributed by atoms with Gasteiger partial charge in [0, 0.05) is 24.5 Å². The first-order valence-corrected chi connectivity index (χ1v) is 9.43. The van der Waals surface area contributed by atoms with Gasteiger partial charge < -0.3 is 19.1 Å². The summed E-state index contributed by atoms with van der Waals surface area (Å²) in [6.45, 7) is 1.39. The van der Waals surface area contributed by atoms with Gasteiger partial charge in [0.2, 0.25) is 12.7 Å². The van der Waals surface area contributed by atoms with Crippen LogP contribution >= 0.6 is 0 Å². The van der Waals surface area contributed by atoms with Gasteiger partial charge in [0.05, 0.1) is 18.4 Å². The molecule has 1 atom stereocenters. The summed E-state index contributed by atoms with van der Waals surface area (Å²) in [7, 11) is 0. The number of carbonyl (C=O) groups excluding carboxylic acids is 1. The van der Waals surface area contributed by atoms with Crippen LogP contribution < -0.4 is 14.2 Å². The van der Waals surface area contributed by atoms with E-state index in [-0.39, 0.29) is 18.8 Å². The number of piperidine rings is 1. The SMILES string of the molecule is O=C(c1cc(-c2ccc3c(c2)OCO3)n[nH]1)N1CCCC(Oc2cnccn2)C1. The zero-order valence-corrected chi connectivity index (χ0v) is 15.6. The summed E-state index contributed by atoms with van der Waals surface area (Å²) < 4.78 is 16.6. The number of nitrogens with zero attached hydrogens (tertiary/aromatic N) is 4. The maximum atomic E-state index is 13.0. The number of benzene rings is 1. The topological polar surface area (TPSA) is 102 Å². The number of H-pyrrole nitrogens is 1. The quantitative estimate of drug-likeness (QED) is 0.725. The molecule has 0 radical (unpaired) electrons. The summed E-state index contributed by atoms with van der Waals surface area (Å²) in [6, 6.07) is 7.35. The van der Waals surface area contributed by atoms with Gasteiger partial charge in [-0.2, -0.15) is 5.10 Å². The molecule has 0 aliphatic carbocycles. The summed E-state index contributed by atoms with van der Waals surface area (Å²) in [4.78, 5) is 22.9. The zero-order valence-electron chi connectivity index (χ0n) is 15.6. The van der Waals surface area contributed by atoms with E-state index >= 15 is 0 Å². The minimum atomic E-state index is -0.111. The summed E-state index contributed by atoms with van der Waals surface area (Å²) in [6.07, 6.45) is 6.38. The highest BCUT2D eigenvalue weighted by atomic mass is 16.7. The number of amides is 1. The Kier molecular flexibility index (Phi) is 4.47. The van der Waals surface area contributed by atoms with Crippen molar-refractivity contribution in [1.29, 1.82) is 0 Å². The Morgan fingerprint density at radius 1 is 1.21 bits per heavy atom. The van der Waals surface area contributed by atoms with Gasteiger partial charge in [-0.1, -0.05) is 0 Å². The van der Waals surface area contributed by atoms with Crippen molar-refractivity contribution in [2.75, 3.05) is 19.9 Å². The highest BCUT2D eigenvalue weighted by molar-refractivity contribution is 5.93. The molecule has 5 rings (SSSR count). The molecule has 9 heteroatoms. The molecule has 3 aromatic rings. The lowest BCUT2D eigenvalue weighted by Gasteiger charge is -2.32. The van der Waals surface area contributed by atoms with E-state index in [4.69, 9.17) is 14.2 Å². The normalized spacial score (nSPS) is 17.9. The van der Waals surface area contributed by atoms with Crippen molar-refractivity contribution < 1.29 is 19.0 Å². The standard InChI is InChI=1S/C20H19N5O4/c26-20(25-7-1-2-14(11-25)29-19-10-21-5-6-22-19)16-9-15(23-24-16)13-3-4-17-18(8-13)28-12-27-17/h3-6,8-10,14H,1-2,7,11-12H2,(H,23,24). The number of hydrogen-bond acceptors (Lipinski definition) is 7. The number of ether oxygens (including phenoxy) is 3. The van der Waals surface area contributed by atoms with E-state index in [1.807, 2.05) is 18.2 Å². The molecule has 2 aliphatic rings. The van der Waals surface area contributed by atoms with E-state index in [2.05, 4.69) is 20.2 Å². The summed E-state index contributed by atoms with van der Waals surface area (Å²) in [5.41, 5.74) is 1.97. The van der Waals surface area contributed by atoms with Crippen molar-refractivity contribution in [3.63, 3.8) is 0 Å². The molecular weight excluding hydrogens is 374 g/mol. The van der Waals surface area contributed by atoms with Crippen molar-refractivity contribution in [3.05, 3.63) is 48.5 Å². The lowest BCUT2D eigenvalue weighted by Crippen LogP contribution is -2.44. The molecule has 4 heterocycles. The molecule has 9 nitrogen and oxygen atoms in total. The van der Waals surface area contributed by atoms with Crippen LogP contribution in [0, 0.1) is 0 Å². The smallest absolute Gasteiger partial charge is 0.272 e. The van der Waals surface area contributed by atoms with E-state index < -0.39 is 0 Å². The van der Waals surface area contributed by atoms with E-state index in [1.165, 1.54) is 0 Å². The fourth-order valence-electron chi connectivity index (χ4n) is 3.54. The number of nitrogens with one attached hydrogen (secondary N) is 1. The van der Waals surface area contributed by atoms with Gasteiger partial charge in [-0.25, -0.2) is 4.98 Å². The number of fused-ring (bicyclic) bond motifs is 1. The van der Waals surface area contributed by atoms with Gasteiger partial charge in [-0.3, -0.25) is 14.9 Å². The number of rotatable bonds is 4. The summed E-state index contributed by atoms with van der Waals surface area (Å²) in [5, 5.41) is 7.15. The maximum absolute atomic E-state index is 13.0. The predicted molar refractivity (Wildman–Crippen MR) is 102 cm³/mol. The Labute approximate surface area is 166 Å². The third-order valence-corrected chi connectivity index (χ3v) is 4.97. The lowest BCUT2D eigenvalue weighted by atomic mass is 10.1. The van der Waals surface area contributed by atoms with E-state index in [0.29, 0.717) is 41.9 Å². The Hall–Kier alpha value is -3.62. The highest BCUT2D eigenvalue weighted by Crippen LogP contribution is 2.35. The maximum Gasteiger partial charge on any atom is 0.272 e. The first-order valence-electron chi connectivity index (χ1n) is 9.43. The van der Waals surface area contributed by atoms with E-state index in [0.717, 1.165) is 18.4 Å². The molecule has 1 fully saturated rings. The first kappa shape index (κ1) is 17.5. The van der Waals surface area contributed by atoms with E-state index in [1.54, 1.807) is 29.6 Å².